The van der Waals surface area contributed by atoms with Crippen LogP contribution in [0.15, 0.2) is 23.2 Å². The van der Waals surface area contributed by atoms with Gasteiger partial charge in [-0.25, -0.2) is 4.98 Å². The molecule has 3 nitrogen and oxygen atoms in total. The molecular weight excluding hydrogens is 136 g/mol. The van der Waals surface area contributed by atoms with Gasteiger partial charge >= 0.3 is 0 Å². The van der Waals surface area contributed by atoms with E-state index in [1.807, 2.05) is 0 Å². The number of aromatic nitrogens is 1. The number of nitrogen functional groups attached to an aromatic ring is 1. The lowest BCUT2D eigenvalue weighted by molar-refractivity contribution is 0.660. The van der Waals surface area contributed by atoms with Crippen LogP contribution in [-0.4, -0.2) is 9.54 Å². The Kier molecular flexibility index (Phi) is 1.92. The highest BCUT2D eigenvalue weighted by atomic mass is 32.2. The molecule has 1 rings (SSSR count). The quantitative estimate of drug-likeness (QED) is 0.579. The fourth-order valence-electron chi connectivity index (χ4n) is 0.482. The summed E-state index contributed by atoms with van der Waals surface area (Å²) in [5, 5.41) is 0.523. The molecule has 0 spiro atoms. The summed E-state index contributed by atoms with van der Waals surface area (Å²) in [4.78, 5) is 3.78. The third-order valence-corrected chi connectivity index (χ3v) is 1.25. The van der Waals surface area contributed by atoms with E-state index >= 15 is 0 Å². The first kappa shape index (κ1) is 6.38. The van der Waals surface area contributed by atoms with Crippen molar-refractivity contribution < 1.29 is 4.55 Å². The predicted octanol–water partition coefficient (Wildman–Crippen LogP) is 1.23. The minimum Gasteiger partial charge on any atom is -0.384 e. The van der Waals surface area contributed by atoms with Gasteiger partial charge in [-0.2, -0.15) is 0 Å². The molecular formula is C5H6N2OS. The number of anilines is 1. The minimum atomic E-state index is 0.425. The normalized spacial score (nSPS) is 9.44. The Balaban J connectivity index is 2.94. The molecule has 0 aliphatic heterocycles. The first-order valence-electron chi connectivity index (χ1n) is 2.37. The third kappa shape index (κ3) is 1.58. The second-order valence-electron chi connectivity index (χ2n) is 1.49. The molecule has 1 aromatic heterocycles. The first-order chi connectivity index (χ1) is 4.33. The van der Waals surface area contributed by atoms with E-state index in [9.17, 15) is 0 Å². The number of nitrogens with two attached hydrogens (primary N) is 1. The Morgan fingerprint density at radius 3 is 2.78 bits per heavy atom. The topological polar surface area (TPSA) is 59.1 Å². The Bertz CT molecular complexity index is 204. The molecule has 9 heavy (non-hydrogen) atoms. The van der Waals surface area contributed by atoms with Crippen molar-refractivity contribution in [2.45, 2.75) is 5.03 Å². The van der Waals surface area contributed by atoms with E-state index in [0.717, 1.165) is 0 Å². The zero-order chi connectivity index (χ0) is 6.69. The lowest BCUT2D eigenvalue weighted by Gasteiger charge is -1.92. The van der Waals surface area contributed by atoms with Crippen LogP contribution in [0.2, 0.25) is 0 Å². The number of rotatable bonds is 1. The van der Waals surface area contributed by atoms with Crippen molar-refractivity contribution in [2.75, 3.05) is 5.73 Å². The Morgan fingerprint density at radius 1 is 1.56 bits per heavy atom. The predicted molar refractivity (Wildman–Crippen MR) is 37.1 cm³/mol. The average molecular weight is 142 g/mol. The molecule has 4 heteroatoms. The number of hydrogen-bond acceptors (Lipinski definition) is 4. The summed E-state index contributed by atoms with van der Waals surface area (Å²) in [7, 11) is 0. The molecule has 3 N–H and O–H groups in total. The highest BCUT2D eigenvalue weighted by molar-refractivity contribution is 7.93. The number of hydrogen-bond donors (Lipinski definition) is 2. The standard InChI is InChI=1S/C5H6N2OS/c6-4-2-1-3-5(7-4)9-8/h1-3,8H,(H2,6,7). The maximum Gasteiger partial charge on any atom is 0.126 e. The number of pyridine rings is 1. The molecule has 0 fully saturated rings. The van der Waals surface area contributed by atoms with Crippen molar-refractivity contribution in [2.24, 2.45) is 0 Å². The van der Waals surface area contributed by atoms with Gasteiger partial charge in [0.05, 0.1) is 0 Å². The first-order valence-corrected chi connectivity index (χ1v) is 3.14. The molecule has 0 aliphatic rings. The van der Waals surface area contributed by atoms with Gasteiger partial charge in [0.1, 0.15) is 10.8 Å². The maximum atomic E-state index is 8.46. The summed E-state index contributed by atoms with van der Waals surface area (Å²) in [6.45, 7) is 0. The fourth-order valence-corrected chi connectivity index (χ4v) is 0.767. The average Bonchev–Trinajstić information content (AvgIpc) is 1.88. The Labute approximate surface area is 57.1 Å². The second-order valence-corrected chi connectivity index (χ2v) is 2.09. The summed E-state index contributed by atoms with van der Waals surface area (Å²) < 4.78 is 8.46. The molecule has 0 saturated heterocycles. The zero-order valence-electron chi connectivity index (χ0n) is 4.61. The van der Waals surface area contributed by atoms with Crippen molar-refractivity contribution in [3.05, 3.63) is 18.2 Å². The molecule has 0 amide bonds. The van der Waals surface area contributed by atoms with Crippen LogP contribution in [-0.2, 0) is 0 Å². The van der Waals surface area contributed by atoms with Gasteiger partial charge in [0.15, 0.2) is 0 Å². The van der Waals surface area contributed by atoms with Gasteiger partial charge in [0.25, 0.3) is 0 Å². The molecule has 1 aromatic rings. The van der Waals surface area contributed by atoms with Crippen molar-refractivity contribution >= 4 is 17.9 Å². The van der Waals surface area contributed by atoms with E-state index in [-0.39, 0.29) is 0 Å². The number of nitrogens with zero attached hydrogens (tertiary/aromatic N) is 1. The van der Waals surface area contributed by atoms with E-state index in [0.29, 0.717) is 22.9 Å². The van der Waals surface area contributed by atoms with E-state index in [1.54, 1.807) is 18.2 Å². The van der Waals surface area contributed by atoms with Crippen LogP contribution in [0.25, 0.3) is 0 Å². The molecule has 0 unspecified atom stereocenters. The fraction of sp³-hybridized carbons (Fsp3) is 0. The van der Waals surface area contributed by atoms with Gasteiger partial charge in [-0.15, -0.1) is 0 Å². The summed E-state index contributed by atoms with van der Waals surface area (Å²) >= 11 is 0.592. The van der Waals surface area contributed by atoms with Crippen LogP contribution in [0.5, 0.6) is 0 Å². The third-order valence-electron chi connectivity index (χ3n) is 0.839. The Hall–Kier alpha value is -0.740. The SMILES string of the molecule is Nc1cccc(SO)n1. The van der Waals surface area contributed by atoms with Gasteiger partial charge < -0.3 is 10.3 Å². The van der Waals surface area contributed by atoms with Crippen molar-refractivity contribution in [1.29, 1.82) is 0 Å². The molecule has 0 aliphatic carbocycles. The second kappa shape index (κ2) is 2.70. The highest BCUT2D eigenvalue weighted by Crippen LogP contribution is 2.10. The van der Waals surface area contributed by atoms with Crippen LogP contribution in [0.4, 0.5) is 5.82 Å². The Morgan fingerprint density at radius 2 is 2.33 bits per heavy atom. The monoisotopic (exact) mass is 142 g/mol. The lowest BCUT2D eigenvalue weighted by atomic mass is 10.5. The zero-order valence-corrected chi connectivity index (χ0v) is 5.43. The molecule has 0 saturated carbocycles. The van der Waals surface area contributed by atoms with E-state index in [1.165, 1.54) is 0 Å². The summed E-state index contributed by atoms with van der Waals surface area (Å²) in [5.41, 5.74) is 5.30. The van der Waals surface area contributed by atoms with Gasteiger partial charge in [-0.3, -0.25) is 0 Å². The summed E-state index contributed by atoms with van der Waals surface area (Å²) in [6.07, 6.45) is 0. The van der Waals surface area contributed by atoms with E-state index in [4.69, 9.17) is 10.3 Å². The largest absolute Gasteiger partial charge is 0.384 e. The van der Waals surface area contributed by atoms with E-state index < -0.39 is 0 Å². The minimum absolute atomic E-state index is 0.425. The molecule has 0 bridgehead atoms. The molecule has 48 valence electrons. The van der Waals surface area contributed by atoms with Gasteiger partial charge in [0, 0.05) is 12.0 Å². The van der Waals surface area contributed by atoms with Crippen molar-refractivity contribution in [3.63, 3.8) is 0 Å². The lowest BCUT2D eigenvalue weighted by Crippen LogP contribution is -1.88. The van der Waals surface area contributed by atoms with Crippen LogP contribution < -0.4 is 5.73 Å². The van der Waals surface area contributed by atoms with Gasteiger partial charge in [0.2, 0.25) is 0 Å². The van der Waals surface area contributed by atoms with E-state index in [2.05, 4.69) is 4.98 Å². The van der Waals surface area contributed by atoms with Crippen molar-refractivity contribution in [3.8, 4) is 0 Å². The molecule has 0 atom stereocenters. The van der Waals surface area contributed by atoms with Crippen LogP contribution in [0.3, 0.4) is 0 Å². The molecule has 0 aromatic carbocycles. The highest BCUT2D eigenvalue weighted by Gasteiger charge is 1.90. The molecule has 1 heterocycles. The van der Waals surface area contributed by atoms with Crippen molar-refractivity contribution in [1.82, 2.24) is 4.98 Å². The van der Waals surface area contributed by atoms with Gasteiger partial charge in [-0.05, 0) is 12.1 Å². The van der Waals surface area contributed by atoms with Crippen LogP contribution in [0, 0.1) is 0 Å². The smallest absolute Gasteiger partial charge is 0.126 e. The molecule has 0 radical (unpaired) electrons. The van der Waals surface area contributed by atoms with Gasteiger partial charge in [-0.1, -0.05) is 6.07 Å². The summed E-state index contributed by atoms with van der Waals surface area (Å²) in [6, 6.07) is 5.08. The maximum absolute atomic E-state index is 8.46. The van der Waals surface area contributed by atoms with Crippen LogP contribution >= 0.6 is 12.0 Å². The van der Waals surface area contributed by atoms with Crippen LogP contribution in [0.1, 0.15) is 0 Å². The summed E-state index contributed by atoms with van der Waals surface area (Å²) in [5.74, 6) is 0.425.